The monoisotopic (exact) mass is 342 g/mol. The Balaban J connectivity index is 1.63. The average molecular weight is 343 g/mol. The van der Waals surface area contributed by atoms with Gasteiger partial charge in [0.05, 0.1) is 10.6 Å². The number of pyridine rings is 1. The Morgan fingerprint density at radius 1 is 1.33 bits per heavy atom. The highest BCUT2D eigenvalue weighted by Crippen LogP contribution is 2.34. The summed E-state index contributed by atoms with van der Waals surface area (Å²) in [5, 5.41) is 6.91. The predicted molar refractivity (Wildman–Crippen MR) is 96.0 cm³/mol. The van der Waals surface area contributed by atoms with E-state index in [1.807, 2.05) is 18.2 Å². The summed E-state index contributed by atoms with van der Waals surface area (Å²) in [6.07, 6.45) is 3.76. The second-order valence-corrected chi connectivity index (χ2v) is 6.59. The normalized spacial score (nSPS) is 19.4. The molecule has 0 aliphatic carbocycles. The van der Waals surface area contributed by atoms with Crippen LogP contribution in [0.3, 0.4) is 0 Å². The van der Waals surface area contributed by atoms with Gasteiger partial charge in [-0.25, -0.2) is 4.98 Å². The van der Waals surface area contributed by atoms with Crippen molar-refractivity contribution in [3.8, 4) is 0 Å². The number of rotatable bonds is 2. The fourth-order valence-electron chi connectivity index (χ4n) is 3.54. The minimum atomic E-state index is -0.184. The number of carbonyl (C=O) groups is 1. The largest absolute Gasteiger partial charge is 0.351 e. The first-order valence-electron chi connectivity index (χ1n) is 8.25. The van der Waals surface area contributed by atoms with Crippen molar-refractivity contribution < 1.29 is 4.79 Å². The third-order valence-electron chi connectivity index (χ3n) is 4.75. The number of hydrogen-bond acceptors (Lipinski definition) is 4. The second kappa shape index (κ2) is 6.42. The molecule has 3 heterocycles. The van der Waals surface area contributed by atoms with Crippen LogP contribution in [0.1, 0.15) is 22.3 Å². The molecule has 0 saturated carbocycles. The average Bonchev–Trinajstić information content (AvgIpc) is 2.62. The zero-order valence-electron chi connectivity index (χ0n) is 13.3. The summed E-state index contributed by atoms with van der Waals surface area (Å²) in [4.78, 5) is 19.5. The zero-order valence-corrected chi connectivity index (χ0v) is 14.0. The first-order valence-corrected chi connectivity index (χ1v) is 8.63. The summed E-state index contributed by atoms with van der Waals surface area (Å²) in [7, 11) is 0. The van der Waals surface area contributed by atoms with E-state index >= 15 is 0 Å². The van der Waals surface area contributed by atoms with Gasteiger partial charge in [0.2, 0.25) is 0 Å². The maximum Gasteiger partial charge on any atom is 0.257 e. The molecule has 2 aliphatic rings. The molecule has 2 aliphatic heterocycles. The van der Waals surface area contributed by atoms with Crippen LogP contribution in [0.4, 0.5) is 11.5 Å². The van der Waals surface area contributed by atoms with Crippen LogP contribution in [0.15, 0.2) is 36.5 Å². The van der Waals surface area contributed by atoms with Crippen molar-refractivity contribution in [2.45, 2.75) is 18.9 Å². The minimum absolute atomic E-state index is 0.184. The van der Waals surface area contributed by atoms with Crippen LogP contribution in [-0.4, -0.2) is 36.6 Å². The number of piperazine rings is 1. The Kier molecular flexibility index (Phi) is 4.12. The molecule has 1 fully saturated rings. The summed E-state index contributed by atoms with van der Waals surface area (Å²) < 4.78 is 0. The Hall–Kier alpha value is -2.11. The van der Waals surface area contributed by atoms with Crippen LogP contribution in [0.25, 0.3) is 0 Å². The third-order valence-corrected chi connectivity index (χ3v) is 5.08. The highest BCUT2D eigenvalue weighted by atomic mass is 35.5. The third kappa shape index (κ3) is 2.74. The number of carbonyl (C=O) groups excluding carboxylic acids is 1. The maximum atomic E-state index is 12.6. The summed E-state index contributed by atoms with van der Waals surface area (Å²) in [5.41, 5.74) is 2.44. The lowest BCUT2D eigenvalue weighted by molar-refractivity contribution is 0.102. The molecule has 1 atom stereocenters. The van der Waals surface area contributed by atoms with Gasteiger partial charge in [-0.3, -0.25) is 4.79 Å². The van der Waals surface area contributed by atoms with Gasteiger partial charge in [-0.15, -0.1) is 0 Å². The van der Waals surface area contributed by atoms with Crippen molar-refractivity contribution in [2.75, 3.05) is 29.9 Å². The first kappa shape index (κ1) is 15.4. The molecule has 124 valence electrons. The number of halogens is 1. The number of amides is 1. The van der Waals surface area contributed by atoms with Crippen molar-refractivity contribution in [3.63, 3.8) is 0 Å². The number of aromatic nitrogens is 1. The van der Waals surface area contributed by atoms with Crippen LogP contribution >= 0.6 is 11.6 Å². The van der Waals surface area contributed by atoms with Gasteiger partial charge < -0.3 is 15.5 Å². The smallest absolute Gasteiger partial charge is 0.257 e. The minimum Gasteiger partial charge on any atom is -0.351 e. The fraction of sp³-hybridized carbons (Fsp3) is 0.333. The topological polar surface area (TPSA) is 57.3 Å². The molecule has 1 amide bonds. The highest BCUT2D eigenvalue weighted by Gasteiger charge is 2.30. The van der Waals surface area contributed by atoms with Gasteiger partial charge in [0.15, 0.2) is 0 Å². The Morgan fingerprint density at radius 3 is 3.08 bits per heavy atom. The lowest BCUT2D eigenvalue weighted by Gasteiger charge is -2.41. The number of nitrogens with zero attached hydrogens (tertiary/aromatic N) is 2. The van der Waals surface area contributed by atoms with Crippen LogP contribution in [-0.2, 0) is 6.42 Å². The Morgan fingerprint density at radius 2 is 2.21 bits per heavy atom. The van der Waals surface area contributed by atoms with E-state index < -0.39 is 0 Å². The highest BCUT2D eigenvalue weighted by molar-refractivity contribution is 6.34. The van der Waals surface area contributed by atoms with Crippen LogP contribution in [0, 0.1) is 0 Å². The van der Waals surface area contributed by atoms with E-state index in [1.54, 1.807) is 18.3 Å². The number of anilines is 2. The summed E-state index contributed by atoms with van der Waals surface area (Å²) in [6.45, 7) is 2.91. The Labute approximate surface area is 146 Å². The van der Waals surface area contributed by atoms with Gasteiger partial charge >= 0.3 is 0 Å². The molecule has 1 aromatic heterocycles. The summed E-state index contributed by atoms with van der Waals surface area (Å²) >= 11 is 6.13. The second-order valence-electron chi connectivity index (χ2n) is 6.18. The predicted octanol–water partition coefficient (Wildman–Crippen LogP) is 2.71. The van der Waals surface area contributed by atoms with Gasteiger partial charge in [0.25, 0.3) is 5.91 Å². The SMILES string of the molecule is O=C(Nc1ccnc2c1CC[C@@H]1CNCCN21)c1ccccc1Cl. The number of hydrogen-bond donors (Lipinski definition) is 2. The number of fused-ring (bicyclic) bond motifs is 3. The van der Waals surface area contributed by atoms with E-state index in [9.17, 15) is 4.79 Å². The molecular formula is C18H19ClN4O. The molecule has 5 nitrogen and oxygen atoms in total. The summed E-state index contributed by atoms with van der Waals surface area (Å²) in [5.74, 6) is 0.821. The van der Waals surface area contributed by atoms with Gasteiger partial charge in [-0.05, 0) is 31.0 Å². The molecule has 1 saturated heterocycles. The number of benzene rings is 1. The lowest BCUT2D eigenvalue weighted by atomic mass is 9.96. The fourth-order valence-corrected chi connectivity index (χ4v) is 3.76. The van der Waals surface area contributed by atoms with Crippen molar-refractivity contribution >= 4 is 29.0 Å². The van der Waals surface area contributed by atoms with Gasteiger partial charge in [-0.2, -0.15) is 0 Å². The van der Waals surface area contributed by atoms with E-state index in [4.69, 9.17) is 11.6 Å². The molecule has 4 rings (SSSR count). The zero-order chi connectivity index (χ0) is 16.5. The van der Waals surface area contributed by atoms with Crippen molar-refractivity contribution in [3.05, 3.63) is 52.7 Å². The molecule has 6 heteroatoms. The standard InChI is InChI=1S/C18H19ClN4O/c19-15-4-2-1-3-13(15)18(24)22-16-7-8-21-17-14(16)6-5-12-11-20-9-10-23(12)17/h1-4,7-8,12,20H,5-6,9-11H2,(H,21,22,24)/t12-/m1/s1. The number of nitrogens with one attached hydrogen (secondary N) is 2. The quantitative estimate of drug-likeness (QED) is 0.881. The maximum absolute atomic E-state index is 12.6. The van der Waals surface area contributed by atoms with Crippen molar-refractivity contribution in [2.24, 2.45) is 0 Å². The molecule has 0 unspecified atom stereocenters. The molecular weight excluding hydrogens is 324 g/mol. The Bertz CT molecular complexity index is 779. The lowest BCUT2D eigenvalue weighted by Crippen LogP contribution is -2.53. The molecule has 0 spiro atoms. The molecule has 24 heavy (non-hydrogen) atoms. The first-order chi connectivity index (χ1) is 11.7. The van der Waals surface area contributed by atoms with E-state index in [2.05, 4.69) is 20.5 Å². The van der Waals surface area contributed by atoms with Gasteiger partial charge in [-0.1, -0.05) is 23.7 Å². The van der Waals surface area contributed by atoms with E-state index in [1.165, 1.54) is 0 Å². The summed E-state index contributed by atoms with van der Waals surface area (Å²) in [6, 6.07) is 9.46. The van der Waals surface area contributed by atoms with E-state index in [0.717, 1.165) is 49.5 Å². The molecule has 2 aromatic rings. The van der Waals surface area contributed by atoms with Gasteiger partial charge in [0.1, 0.15) is 5.82 Å². The van der Waals surface area contributed by atoms with Crippen molar-refractivity contribution in [1.29, 1.82) is 0 Å². The van der Waals surface area contributed by atoms with Crippen LogP contribution in [0.2, 0.25) is 5.02 Å². The van der Waals surface area contributed by atoms with Crippen LogP contribution < -0.4 is 15.5 Å². The van der Waals surface area contributed by atoms with E-state index in [0.29, 0.717) is 16.6 Å². The molecule has 2 N–H and O–H groups in total. The molecule has 0 radical (unpaired) electrons. The van der Waals surface area contributed by atoms with Crippen molar-refractivity contribution in [1.82, 2.24) is 10.3 Å². The molecule has 0 bridgehead atoms. The van der Waals surface area contributed by atoms with Gasteiger partial charge in [0, 0.05) is 43.1 Å². The molecule has 1 aromatic carbocycles. The van der Waals surface area contributed by atoms with Crippen LogP contribution in [0.5, 0.6) is 0 Å². The van der Waals surface area contributed by atoms with E-state index in [-0.39, 0.29) is 5.91 Å².